The smallest absolute Gasteiger partial charge is 0.462 e. The third kappa shape index (κ3) is 32.4. The number of rotatable bonds is 36. The number of ether oxygens (including phenoxy) is 2. The van der Waals surface area contributed by atoms with Crippen LogP contribution in [0.15, 0.2) is 146 Å². The minimum absolute atomic E-state index is 0.00542. The Labute approximate surface area is 404 Å². The van der Waals surface area contributed by atoms with Crippen molar-refractivity contribution in [1.82, 2.24) is 0 Å². The van der Waals surface area contributed by atoms with Crippen LogP contribution >= 0.6 is 7.82 Å². The summed E-state index contributed by atoms with van der Waals surface area (Å²) < 4.78 is 33.3. The SMILES string of the molecule is CC/C=C\C/C=C\C/C=C\C/C=C\C=C/C(O)C/C=C\CCC(=O)O[C@H](COC(=O)CC/C=C\C/C=C\C/C=C\C/C=C\C/C=C\C/C=C\CC)COP(=O)(O)OC1[C@H](O)[C@H](O)C(O)[C@H](O)[C@H]1O. The minimum atomic E-state index is -5.20. The van der Waals surface area contributed by atoms with E-state index in [4.69, 9.17) is 18.5 Å². The number of esters is 2. The molecule has 4 unspecified atom stereocenters. The summed E-state index contributed by atoms with van der Waals surface area (Å²) in [5.74, 6) is -1.40. The van der Waals surface area contributed by atoms with Crippen molar-refractivity contribution >= 4 is 19.8 Å². The fraction of sp³-hybridized carbons (Fsp3) is 0.509. The van der Waals surface area contributed by atoms with E-state index in [1.165, 1.54) is 0 Å². The summed E-state index contributed by atoms with van der Waals surface area (Å²) in [6.45, 7) is 2.84. The molecule has 0 aliphatic heterocycles. The van der Waals surface area contributed by atoms with Gasteiger partial charge in [0.1, 0.15) is 43.2 Å². The first-order valence-corrected chi connectivity index (χ1v) is 25.2. The highest BCUT2D eigenvalue weighted by Gasteiger charge is 2.51. The van der Waals surface area contributed by atoms with Gasteiger partial charge in [-0.05, 0) is 83.5 Å². The molecule has 0 aromatic carbocycles. The maximum atomic E-state index is 12.8. The first-order chi connectivity index (χ1) is 32.8. The number of hydrogen-bond donors (Lipinski definition) is 7. The van der Waals surface area contributed by atoms with Gasteiger partial charge in [0.2, 0.25) is 0 Å². The third-order valence-electron chi connectivity index (χ3n) is 9.78. The van der Waals surface area contributed by atoms with E-state index >= 15 is 0 Å². The van der Waals surface area contributed by atoms with Crippen molar-refractivity contribution in [2.75, 3.05) is 13.2 Å². The quantitative estimate of drug-likeness (QED) is 0.0135. The van der Waals surface area contributed by atoms with Crippen LogP contribution in [0.3, 0.4) is 0 Å². The zero-order valence-electron chi connectivity index (χ0n) is 39.9. The second kappa shape index (κ2) is 40.6. The van der Waals surface area contributed by atoms with Gasteiger partial charge >= 0.3 is 19.8 Å². The Morgan fingerprint density at radius 3 is 1.38 bits per heavy atom. The highest BCUT2D eigenvalue weighted by molar-refractivity contribution is 7.47. The van der Waals surface area contributed by atoms with Crippen molar-refractivity contribution in [2.45, 2.75) is 159 Å². The molecule has 0 amide bonds. The summed E-state index contributed by atoms with van der Waals surface area (Å²) in [6.07, 6.45) is 43.6. The molecule has 0 bridgehead atoms. The zero-order valence-corrected chi connectivity index (χ0v) is 40.8. The number of phosphoric ester groups is 1. The molecule has 0 aromatic heterocycles. The van der Waals surface area contributed by atoms with E-state index in [0.717, 1.165) is 57.8 Å². The summed E-state index contributed by atoms with van der Waals surface area (Å²) in [5, 5.41) is 60.5. The Bertz CT molecular complexity index is 1750. The summed E-state index contributed by atoms with van der Waals surface area (Å²) >= 11 is 0. The van der Waals surface area contributed by atoms with E-state index < -0.39 is 81.8 Å². The van der Waals surface area contributed by atoms with Crippen LogP contribution in [0.4, 0.5) is 0 Å². The number of hydrogen-bond acceptors (Lipinski definition) is 13. The Morgan fingerprint density at radius 1 is 0.515 bits per heavy atom. The first-order valence-electron chi connectivity index (χ1n) is 23.7. The monoisotopic (exact) mass is 971 g/mol. The van der Waals surface area contributed by atoms with Gasteiger partial charge in [-0.3, -0.25) is 18.6 Å². The van der Waals surface area contributed by atoms with E-state index in [2.05, 4.69) is 105 Å². The maximum Gasteiger partial charge on any atom is 0.472 e. The maximum absolute atomic E-state index is 12.8. The average molecular weight is 971 g/mol. The lowest BCUT2D eigenvalue weighted by Crippen LogP contribution is -2.64. The van der Waals surface area contributed by atoms with Gasteiger partial charge in [-0.15, -0.1) is 0 Å². The molecular weight excluding hydrogens is 892 g/mol. The predicted molar refractivity (Wildman–Crippen MR) is 268 cm³/mol. The molecule has 380 valence electrons. The Kier molecular flexibility index (Phi) is 36.8. The molecule has 9 atom stereocenters. The summed E-state index contributed by atoms with van der Waals surface area (Å²) in [7, 11) is -5.20. The topological polar surface area (TPSA) is 230 Å². The molecule has 15 heteroatoms. The van der Waals surface area contributed by atoms with Crippen molar-refractivity contribution in [3.63, 3.8) is 0 Å². The zero-order chi connectivity index (χ0) is 50.1. The molecule has 1 aliphatic rings. The summed E-state index contributed by atoms with van der Waals surface area (Å²) in [5.41, 5.74) is 0. The molecule has 68 heavy (non-hydrogen) atoms. The van der Waals surface area contributed by atoms with Crippen LogP contribution in [0.2, 0.25) is 0 Å². The molecule has 14 nitrogen and oxygen atoms in total. The molecule has 1 rings (SSSR count). The minimum Gasteiger partial charge on any atom is -0.462 e. The molecule has 7 N–H and O–H groups in total. The highest BCUT2D eigenvalue weighted by Crippen LogP contribution is 2.47. The Morgan fingerprint density at radius 2 is 0.912 bits per heavy atom. The Balaban J connectivity index is 2.61. The van der Waals surface area contributed by atoms with Crippen molar-refractivity contribution in [3.05, 3.63) is 146 Å². The third-order valence-corrected chi connectivity index (χ3v) is 10.8. The summed E-state index contributed by atoms with van der Waals surface area (Å²) in [4.78, 5) is 35.7. The average Bonchev–Trinajstić information content (AvgIpc) is 3.32. The molecule has 0 aromatic rings. The van der Waals surface area contributed by atoms with E-state index in [-0.39, 0.29) is 19.3 Å². The van der Waals surface area contributed by atoms with Gasteiger partial charge in [0, 0.05) is 12.8 Å². The largest absolute Gasteiger partial charge is 0.472 e. The second-order valence-electron chi connectivity index (χ2n) is 15.7. The fourth-order valence-electron chi connectivity index (χ4n) is 6.01. The molecule has 1 saturated carbocycles. The van der Waals surface area contributed by atoms with E-state index in [9.17, 15) is 49.7 Å². The van der Waals surface area contributed by atoms with E-state index in [1.807, 2.05) is 30.4 Å². The van der Waals surface area contributed by atoms with Gasteiger partial charge < -0.3 is 45.0 Å². The van der Waals surface area contributed by atoms with Crippen LogP contribution in [-0.4, -0.2) is 110 Å². The number of carbonyl (C=O) groups excluding carboxylic acids is 2. The lowest BCUT2D eigenvalue weighted by atomic mass is 9.85. The normalized spacial score (nSPS) is 22.8. The van der Waals surface area contributed by atoms with Crippen LogP contribution in [0, 0.1) is 0 Å². The second-order valence-corrected chi connectivity index (χ2v) is 17.1. The first kappa shape index (κ1) is 61.7. The van der Waals surface area contributed by atoms with Crippen molar-refractivity contribution in [3.8, 4) is 0 Å². The van der Waals surface area contributed by atoms with E-state index in [1.54, 1.807) is 24.3 Å². The molecule has 0 heterocycles. The number of phosphoric acid groups is 1. The number of allylic oxidation sites excluding steroid dienone is 22. The number of aliphatic hydroxyl groups excluding tert-OH is 6. The van der Waals surface area contributed by atoms with Crippen LogP contribution in [0.1, 0.15) is 110 Å². The number of aliphatic hydroxyl groups is 6. The lowest BCUT2D eigenvalue weighted by Gasteiger charge is -2.41. The molecule has 0 radical (unpaired) electrons. The molecule has 0 saturated heterocycles. The van der Waals surface area contributed by atoms with Crippen LogP contribution in [0.5, 0.6) is 0 Å². The van der Waals surface area contributed by atoms with Gasteiger partial charge in [-0.25, -0.2) is 4.57 Å². The van der Waals surface area contributed by atoms with Crippen molar-refractivity contribution < 1.29 is 68.2 Å². The van der Waals surface area contributed by atoms with Crippen molar-refractivity contribution in [2.24, 2.45) is 0 Å². The Hall–Kier alpha value is -4.31. The predicted octanol–water partition coefficient (Wildman–Crippen LogP) is 8.69. The van der Waals surface area contributed by atoms with Gasteiger partial charge in [-0.1, -0.05) is 160 Å². The van der Waals surface area contributed by atoms with Gasteiger partial charge in [0.05, 0.1) is 12.7 Å². The molecule has 1 aliphatic carbocycles. The van der Waals surface area contributed by atoms with Gasteiger partial charge in [-0.2, -0.15) is 0 Å². The van der Waals surface area contributed by atoms with Crippen LogP contribution in [-0.2, 0) is 32.7 Å². The highest BCUT2D eigenvalue weighted by atomic mass is 31.2. The van der Waals surface area contributed by atoms with Gasteiger partial charge in [0.15, 0.2) is 6.10 Å². The molecule has 0 spiro atoms. The molecule has 1 fully saturated rings. The number of carbonyl (C=O) groups is 2. The lowest BCUT2D eigenvalue weighted by molar-refractivity contribution is -0.220. The standard InChI is InChI=1S/C53H79O14P/c1-3-5-7-9-11-13-15-17-18-19-20-21-22-24-26-28-30-32-36-40-46(55)64-42-45(43-65-68(62,63)67-53-51(60)49(58)48(57)50(59)52(53)61)66-47(56)41-37-33-35-39-44(54)38-34-31-29-27-25-23-16-14-12-10-8-6-4-2/h5-8,11-14,17-18,20-21,23-26,29-35,38,44-45,48-54,57-61H,3-4,9-10,15-16,19,22,27-28,36-37,39-43H2,1-2H3,(H,62,63)/b7-5-,8-6-,13-11-,14-12-,18-17-,21-20-,25-23-,26-24-,31-29-,32-30-,35-33-,38-34-/t44?,45-,48?,49-,50+,51-,52-,53?/m1/s1. The summed E-state index contributed by atoms with van der Waals surface area (Å²) in [6, 6.07) is 0. The fourth-order valence-corrected chi connectivity index (χ4v) is 6.98. The van der Waals surface area contributed by atoms with E-state index in [0.29, 0.717) is 19.3 Å². The van der Waals surface area contributed by atoms with Crippen LogP contribution < -0.4 is 0 Å². The molecular formula is C53H79O14P. The van der Waals surface area contributed by atoms with Crippen molar-refractivity contribution in [1.29, 1.82) is 0 Å². The van der Waals surface area contributed by atoms with Crippen LogP contribution in [0.25, 0.3) is 0 Å². The van der Waals surface area contributed by atoms with Gasteiger partial charge in [0.25, 0.3) is 0 Å².